The first-order valence-corrected chi connectivity index (χ1v) is 5.35. The number of fused-ring (bicyclic) bond motifs is 1. The number of azide groups is 1. The average Bonchev–Trinajstić information content (AvgIpc) is 2.44. The van der Waals surface area contributed by atoms with Crippen LogP contribution in [0.2, 0.25) is 0 Å². The van der Waals surface area contributed by atoms with Crippen LogP contribution in [0, 0.1) is 5.82 Å². The van der Waals surface area contributed by atoms with Crippen LogP contribution in [0.15, 0.2) is 23.4 Å². The second-order valence-electron chi connectivity index (χ2n) is 3.64. The van der Waals surface area contributed by atoms with Gasteiger partial charge in [0.15, 0.2) is 0 Å². The zero-order valence-electron chi connectivity index (χ0n) is 9.99. The van der Waals surface area contributed by atoms with Crippen LogP contribution in [0.25, 0.3) is 21.5 Å². The van der Waals surface area contributed by atoms with E-state index in [1.165, 1.54) is 7.11 Å². The van der Waals surface area contributed by atoms with Crippen molar-refractivity contribution < 1.29 is 14.2 Å². The molecule has 1 N–H and O–H groups in total. The van der Waals surface area contributed by atoms with Crippen LogP contribution in [-0.2, 0) is 0 Å². The molecule has 0 aliphatic heterocycles. The summed E-state index contributed by atoms with van der Waals surface area (Å²) in [6, 6.07) is 2.13. The molecule has 0 bridgehead atoms. The highest BCUT2D eigenvalue weighted by Crippen LogP contribution is 2.28. The molecular formula is C11H10FN5O2. The Labute approximate surface area is 107 Å². The molecule has 19 heavy (non-hydrogen) atoms. The number of aromatic nitrogens is 2. The number of aliphatic hydroxyl groups excluding tert-OH is 1. The Morgan fingerprint density at radius 2 is 2.37 bits per heavy atom. The second-order valence-corrected chi connectivity index (χ2v) is 3.64. The van der Waals surface area contributed by atoms with E-state index in [-0.39, 0.29) is 17.0 Å². The predicted octanol–water partition coefficient (Wildman–Crippen LogP) is 2.12. The van der Waals surface area contributed by atoms with Gasteiger partial charge >= 0.3 is 0 Å². The van der Waals surface area contributed by atoms with Crippen molar-refractivity contribution in [2.24, 2.45) is 5.11 Å². The molecule has 0 aliphatic carbocycles. The molecular weight excluding hydrogens is 253 g/mol. The Hall–Kier alpha value is -2.44. The smallest absolute Gasteiger partial charge is 0.213 e. The molecule has 7 nitrogen and oxygen atoms in total. The highest BCUT2D eigenvalue weighted by molar-refractivity contribution is 5.79. The molecule has 2 rings (SSSR count). The lowest BCUT2D eigenvalue weighted by Gasteiger charge is -2.12. The lowest BCUT2D eigenvalue weighted by molar-refractivity contribution is 0.265. The summed E-state index contributed by atoms with van der Waals surface area (Å²) in [7, 11) is 1.43. The molecule has 0 radical (unpaired) electrons. The molecule has 0 fully saturated rings. The first-order chi connectivity index (χ1) is 9.21. The summed E-state index contributed by atoms with van der Waals surface area (Å²) in [5.74, 6) is -0.418. The minimum atomic E-state index is -1.06. The summed E-state index contributed by atoms with van der Waals surface area (Å²) in [5, 5.41) is 12.6. The Bertz CT molecular complexity index is 657. The molecule has 98 valence electrons. The fraction of sp³-hybridized carbons (Fsp3) is 0.273. The van der Waals surface area contributed by atoms with E-state index in [4.69, 9.17) is 10.3 Å². The van der Waals surface area contributed by atoms with Crippen molar-refractivity contribution in [3.05, 3.63) is 40.2 Å². The SMILES string of the molecule is COc1ccc2ncc(F)c(C(CO)N=[N+]=[N-])c2n1. The minimum absolute atomic E-state index is 0.00389. The fourth-order valence-corrected chi connectivity index (χ4v) is 1.72. The number of methoxy groups -OCH3 is 1. The molecule has 2 aromatic heterocycles. The first-order valence-electron chi connectivity index (χ1n) is 5.35. The van der Waals surface area contributed by atoms with Gasteiger partial charge in [-0.15, -0.1) is 0 Å². The summed E-state index contributed by atoms with van der Waals surface area (Å²) >= 11 is 0. The topological polar surface area (TPSA) is 104 Å². The normalized spacial score (nSPS) is 11.9. The summed E-state index contributed by atoms with van der Waals surface area (Å²) in [6.45, 7) is -0.529. The maximum absolute atomic E-state index is 13.9. The van der Waals surface area contributed by atoms with Gasteiger partial charge < -0.3 is 9.84 Å². The van der Waals surface area contributed by atoms with E-state index in [0.29, 0.717) is 5.52 Å². The molecule has 0 saturated heterocycles. The largest absolute Gasteiger partial charge is 0.481 e. The van der Waals surface area contributed by atoms with E-state index in [1.54, 1.807) is 12.1 Å². The number of rotatable bonds is 4. The zero-order valence-corrected chi connectivity index (χ0v) is 9.99. The number of ether oxygens (including phenoxy) is 1. The third-order valence-corrected chi connectivity index (χ3v) is 2.58. The molecule has 0 saturated carbocycles. The molecule has 2 aromatic rings. The van der Waals surface area contributed by atoms with Crippen molar-refractivity contribution >= 4 is 11.0 Å². The zero-order chi connectivity index (χ0) is 13.8. The molecule has 0 amide bonds. The molecule has 1 unspecified atom stereocenters. The number of halogens is 1. The lowest BCUT2D eigenvalue weighted by Crippen LogP contribution is -2.06. The van der Waals surface area contributed by atoms with Gasteiger partial charge in [0.05, 0.1) is 37.0 Å². The van der Waals surface area contributed by atoms with Gasteiger partial charge in [0, 0.05) is 16.5 Å². The molecule has 0 spiro atoms. The third kappa shape index (κ3) is 2.40. The predicted molar refractivity (Wildman–Crippen MR) is 65.0 cm³/mol. The Kier molecular flexibility index (Phi) is 3.74. The lowest BCUT2D eigenvalue weighted by atomic mass is 10.1. The summed E-state index contributed by atoms with van der Waals surface area (Å²) in [6.07, 6.45) is 1.00. The van der Waals surface area contributed by atoms with Gasteiger partial charge in [0.1, 0.15) is 5.82 Å². The van der Waals surface area contributed by atoms with Crippen LogP contribution in [-0.4, -0.2) is 28.8 Å². The van der Waals surface area contributed by atoms with Crippen LogP contribution in [0.4, 0.5) is 4.39 Å². The van der Waals surface area contributed by atoms with Gasteiger partial charge in [-0.3, -0.25) is 4.98 Å². The summed E-state index contributed by atoms with van der Waals surface area (Å²) < 4.78 is 18.8. The van der Waals surface area contributed by atoms with E-state index < -0.39 is 18.5 Å². The number of hydrogen-bond donors (Lipinski definition) is 1. The van der Waals surface area contributed by atoms with Crippen LogP contribution in [0.1, 0.15) is 11.6 Å². The van der Waals surface area contributed by atoms with Crippen molar-refractivity contribution in [2.45, 2.75) is 6.04 Å². The summed E-state index contributed by atoms with van der Waals surface area (Å²) in [4.78, 5) is 10.6. The van der Waals surface area contributed by atoms with E-state index in [1.807, 2.05) is 0 Å². The van der Waals surface area contributed by atoms with E-state index in [9.17, 15) is 9.50 Å². The highest BCUT2D eigenvalue weighted by atomic mass is 19.1. The van der Waals surface area contributed by atoms with Gasteiger partial charge in [-0.05, 0) is 11.6 Å². The van der Waals surface area contributed by atoms with Gasteiger partial charge in [-0.1, -0.05) is 5.11 Å². The maximum atomic E-state index is 13.9. The quantitative estimate of drug-likeness (QED) is 0.518. The van der Waals surface area contributed by atoms with Crippen LogP contribution < -0.4 is 4.74 Å². The van der Waals surface area contributed by atoms with E-state index >= 15 is 0 Å². The Morgan fingerprint density at radius 1 is 1.58 bits per heavy atom. The van der Waals surface area contributed by atoms with Crippen molar-refractivity contribution in [1.29, 1.82) is 0 Å². The standard InChI is InChI=1S/C11H10FN5O2/c1-19-9-3-2-7-11(15-9)10(6(12)4-14-7)8(5-18)16-17-13/h2-4,8,18H,5H2,1H3. The first kappa shape index (κ1) is 13.0. The Morgan fingerprint density at radius 3 is 3.00 bits per heavy atom. The number of pyridine rings is 2. The minimum Gasteiger partial charge on any atom is -0.481 e. The van der Waals surface area contributed by atoms with Gasteiger partial charge in [-0.2, -0.15) is 0 Å². The van der Waals surface area contributed by atoms with E-state index in [2.05, 4.69) is 20.0 Å². The van der Waals surface area contributed by atoms with Crippen molar-refractivity contribution in [3.8, 4) is 5.88 Å². The molecule has 0 aromatic carbocycles. The number of hydrogen-bond acceptors (Lipinski definition) is 5. The van der Waals surface area contributed by atoms with Crippen LogP contribution in [0.5, 0.6) is 5.88 Å². The van der Waals surface area contributed by atoms with Gasteiger partial charge in [-0.25, -0.2) is 9.37 Å². The fourth-order valence-electron chi connectivity index (χ4n) is 1.72. The third-order valence-electron chi connectivity index (χ3n) is 2.58. The van der Waals surface area contributed by atoms with E-state index in [0.717, 1.165) is 6.20 Å². The van der Waals surface area contributed by atoms with Gasteiger partial charge in [0.25, 0.3) is 0 Å². The van der Waals surface area contributed by atoms with Crippen molar-refractivity contribution in [3.63, 3.8) is 0 Å². The monoisotopic (exact) mass is 263 g/mol. The van der Waals surface area contributed by atoms with Crippen molar-refractivity contribution in [2.75, 3.05) is 13.7 Å². The summed E-state index contributed by atoms with van der Waals surface area (Å²) in [5.41, 5.74) is 9.08. The maximum Gasteiger partial charge on any atom is 0.213 e. The molecule has 2 heterocycles. The molecule has 1 atom stereocenters. The number of nitrogens with zero attached hydrogens (tertiary/aromatic N) is 5. The van der Waals surface area contributed by atoms with Crippen molar-refractivity contribution in [1.82, 2.24) is 9.97 Å². The average molecular weight is 263 g/mol. The van der Waals surface area contributed by atoms with Crippen LogP contribution in [0.3, 0.4) is 0 Å². The second kappa shape index (κ2) is 5.47. The molecule has 0 aliphatic rings. The van der Waals surface area contributed by atoms with Gasteiger partial charge in [0.2, 0.25) is 5.88 Å². The highest BCUT2D eigenvalue weighted by Gasteiger charge is 2.19. The molecule has 8 heteroatoms. The Balaban J connectivity index is 2.75. The van der Waals surface area contributed by atoms with Crippen LogP contribution >= 0.6 is 0 Å². The number of aliphatic hydroxyl groups is 1.